The Morgan fingerprint density at radius 2 is 1.59 bits per heavy atom. The van der Waals surface area contributed by atoms with Crippen LogP contribution < -0.4 is 4.74 Å². The van der Waals surface area contributed by atoms with Gasteiger partial charge < -0.3 is 14.4 Å². The van der Waals surface area contributed by atoms with Gasteiger partial charge in [-0.15, -0.1) is 0 Å². The molecule has 1 aliphatic carbocycles. The molecule has 0 N–H and O–H groups in total. The van der Waals surface area contributed by atoms with Crippen LogP contribution in [-0.2, 0) is 4.74 Å². The van der Waals surface area contributed by atoms with E-state index in [4.69, 9.17) is 9.47 Å². The lowest BCUT2D eigenvalue weighted by molar-refractivity contribution is 0.0135. The molecule has 0 aromatic heterocycles. The third-order valence-electron chi connectivity index (χ3n) is 6.27. The van der Waals surface area contributed by atoms with Crippen LogP contribution in [0.1, 0.15) is 62.1 Å². The molecule has 0 unspecified atom stereocenters. The standard InChI is InChI=1S/C28H36N2O4/c1-28(2,3)34-27(32)30-19-17-29(18-20-30)16-15-25(21-7-5-4-6-8-21)33-24-13-11-23(12-14-24)26(31)22-9-10-22/h4-8,11-14,22,25H,9-10,15-20H2,1-3H3/t25-/m1/s1. The third kappa shape index (κ3) is 6.83. The Morgan fingerprint density at radius 1 is 0.941 bits per heavy atom. The van der Waals surface area contributed by atoms with Gasteiger partial charge >= 0.3 is 6.09 Å². The molecule has 2 aliphatic rings. The van der Waals surface area contributed by atoms with Gasteiger partial charge in [-0.25, -0.2) is 4.79 Å². The molecule has 4 rings (SSSR count). The van der Waals surface area contributed by atoms with Crippen LogP contribution in [0.2, 0.25) is 0 Å². The highest BCUT2D eigenvalue weighted by Crippen LogP contribution is 2.33. The molecule has 182 valence electrons. The molecule has 1 saturated carbocycles. The number of rotatable bonds is 8. The maximum absolute atomic E-state index is 12.3. The molecule has 2 aromatic rings. The summed E-state index contributed by atoms with van der Waals surface area (Å²) in [6.45, 7) is 9.53. The van der Waals surface area contributed by atoms with Crippen molar-refractivity contribution >= 4 is 11.9 Å². The van der Waals surface area contributed by atoms with Crippen molar-refractivity contribution in [3.05, 3.63) is 65.7 Å². The lowest BCUT2D eigenvalue weighted by Crippen LogP contribution is -2.50. The number of hydrogen-bond donors (Lipinski definition) is 0. The first-order valence-electron chi connectivity index (χ1n) is 12.3. The van der Waals surface area contributed by atoms with E-state index in [0.717, 1.165) is 55.8 Å². The van der Waals surface area contributed by atoms with Crippen LogP contribution in [0.5, 0.6) is 5.75 Å². The highest BCUT2D eigenvalue weighted by Gasteiger charge is 2.30. The minimum atomic E-state index is -0.474. The Hall–Kier alpha value is -2.86. The van der Waals surface area contributed by atoms with Crippen LogP contribution in [0.3, 0.4) is 0 Å². The van der Waals surface area contributed by atoms with Crippen LogP contribution in [0.4, 0.5) is 4.79 Å². The SMILES string of the molecule is CC(C)(C)OC(=O)N1CCN(CC[C@@H](Oc2ccc(C(=O)C3CC3)cc2)c2ccccc2)CC1. The number of benzene rings is 2. The van der Waals surface area contributed by atoms with E-state index in [2.05, 4.69) is 17.0 Å². The predicted molar refractivity (Wildman–Crippen MR) is 132 cm³/mol. The number of carbonyl (C=O) groups is 2. The molecular weight excluding hydrogens is 428 g/mol. The predicted octanol–water partition coefficient (Wildman–Crippen LogP) is 5.34. The van der Waals surface area contributed by atoms with Crippen molar-refractivity contribution in [2.24, 2.45) is 5.92 Å². The van der Waals surface area contributed by atoms with E-state index < -0.39 is 5.60 Å². The Morgan fingerprint density at radius 3 is 2.18 bits per heavy atom. The maximum Gasteiger partial charge on any atom is 0.410 e. The molecule has 1 saturated heterocycles. The van der Waals surface area contributed by atoms with E-state index in [9.17, 15) is 9.59 Å². The number of ketones is 1. The molecule has 0 bridgehead atoms. The summed E-state index contributed by atoms with van der Waals surface area (Å²) in [5.74, 6) is 1.24. The van der Waals surface area contributed by atoms with Gasteiger partial charge in [-0.1, -0.05) is 30.3 Å². The fourth-order valence-electron chi connectivity index (χ4n) is 4.18. The van der Waals surface area contributed by atoms with Crippen molar-refractivity contribution in [3.8, 4) is 5.75 Å². The molecule has 0 spiro atoms. The number of nitrogens with zero attached hydrogens (tertiary/aromatic N) is 2. The summed E-state index contributed by atoms with van der Waals surface area (Å²) in [7, 11) is 0. The van der Waals surface area contributed by atoms with Gasteiger partial charge in [-0.2, -0.15) is 0 Å². The van der Waals surface area contributed by atoms with Gasteiger partial charge in [-0.05, 0) is 63.4 Å². The molecule has 1 atom stereocenters. The summed E-state index contributed by atoms with van der Waals surface area (Å²) < 4.78 is 11.9. The fraction of sp³-hybridized carbons (Fsp3) is 0.500. The lowest BCUT2D eigenvalue weighted by Gasteiger charge is -2.36. The van der Waals surface area contributed by atoms with Gasteiger partial charge in [0.1, 0.15) is 17.5 Å². The van der Waals surface area contributed by atoms with E-state index in [0.29, 0.717) is 13.1 Å². The van der Waals surface area contributed by atoms with E-state index in [1.807, 2.05) is 63.2 Å². The van der Waals surface area contributed by atoms with Crippen molar-refractivity contribution < 1.29 is 19.1 Å². The van der Waals surface area contributed by atoms with Crippen LogP contribution in [-0.4, -0.2) is 60.0 Å². The van der Waals surface area contributed by atoms with Crippen LogP contribution >= 0.6 is 0 Å². The lowest BCUT2D eigenvalue weighted by atomic mass is 10.1. The number of piperazine rings is 1. The first-order chi connectivity index (χ1) is 16.3. The Bertz CT molecular complexity index is 956. The summed E-state index contributed by atoms with van der Waals surface area (Å²) in [5.41, 5.74) is 1.43. The molecule has 0 radical (unpaired) electrons. The summed E-state index contributed by atoms with van der Waals surface area (Å²) in [6, 6.07) is 17.8. The number of hydrogen-bond acceptors (Lipinski definition) is 5. The average molecular weight is 465 g/mol. The molecule has 34 heavy (non-hydrogen) atoms. The average Bonchev–Trinajstić information content (AvgIpc) is 3.67. The number of carbonyl (C=O) groups excluding carboxylic acids is 2. The molecule has 2 fully saturated rings. The van der Waals surface area contributed by atoms with E-state index in [1.54, 1.807) is 4.90 Å². The smallest absolute Gasteiger partial charge is 0.410 e. The first-order valence-corrected chi connectivity index (χ1v) is 12.3. The highest BCUT2D eigenvalue weighted by molar-refractivity contribution is 5.99. The highest BCUT2D eigenvalue weighted by atomic mass is 16.6. The second-order valence-electron chi connectivity index (χ2n) is 10.3. The van der Waals surface area contributed by atoms with Gasteiger partial charge in [0, 0.05) is 50.6 Å². The van der Waals surface area contributed by atoms with Crippen molar-refractivity contribution in [1.29, 1.82) is 0 Å². The van der Waals surface area contributed by atoms with Crippen LogP contribution in [0, 0.1) is 5.92 Å². The minimum absolute atomic E-state index is 0.0879. The van der Waals surface area contributed by atoms with Crippen LogP contribution in [0.25, 0.3) is 0 Å². The Labute approximate surface area is 202 Å². The van der Waals surface area contributed by atoms with Gasteiger partial charge in [0.15, 0.2) is 5.78 Å². The van der Waals surface area contributed by atoms with Gasteiger partial charge in [0.25, 0.3) is 0 Å². The van der Waals surface area contributed by atoms with E-state index >= 15 is 0 Å². The normalized spacial score (nSPS) is 17.8. The maximum atomic E-state index is 12.3. The van der Waals surface area contributed by atoms with Crippen molar-refractivity contribution in [2.45, 2.75) is 51.7 Å². The van der Waals surface area contributed by atoms with Crippen LogP contribution in [0.15, 0.2) is 54.6 Å². The third-order valence-corrected chi connectivity index (χ3v) is 6.27. The monoisotopic (exact) mass is 464 g/mol. The van der Waals surface area contributed by atoms with Crippen molar-refractivity contribution in [3.63, 3.8) is 0 Å². The second kappa shape index (κ2) is 10.6. The minimum Gasteiger partial charge on any atom is -0.486 e. The number of Topliss-reactive ketones (excluding diaryl/α,β-unsaturated/α-hetero) is 1. The molecule has 2 aromatic carbocycles. The quantitative estimate of drug-likeness (QED) is 0.494. The van der Waals surface area contributed by atoms with Gasteiger partial charge in [-0.3, -0.25) is 9.69 Å². The Kier molecular flexibility index (Phi) is 7.57. The summed E-state index contributed by atoms with van der Waals surface area (Å²) in [5, 5.41) is 0. The molecule has 6 nitrogen and oxygen atoms in total. The van der Waals surface area contributed by atoms with Gasteiger partial charge in [0.2, 0.25) is 0 Å². The molecular formula is C28H36N2O4. The second-order valence-corrected chi connectivity index (χ2v) is 10.3. The summed E-state index contributed by atoms with van der Waals surface area (Å²) >= 11 is 0. The molecule has 1 aliphatic heterocycles. The number of ether oxygens (including phenoxy) is 2. The van der Waals surface area contributed by atoms with Crippen molar-refractivity contribution in [1.82, 2.24) is 9.80 Å². The van der Waals surface area contributed by atoms with E-state index in [1.165, 1.54) is 0 Å². The summed E-state index contributed by atoms with van der Waals surface area (Å²) in [4.78, 5) is 28.8. The zero-order chi connectivity index (χ0) is 24.1. The topological polar surface area (TPSA) is 59.1 Å². The summed E-state index contributed by atoms with van der Waals surface area (Å²) in [6.07, 6.45) is 2.54. The first kappa shape index (κ1) is 24.3. The molecule has 1 amide bonds. The van der Waals surface area contributed by atoms with Gasteiger partial charge in [0.05, 0.1) is 0 Å². The van der Waals surface area contributed by atoms with E-state index in [-0.39, 0.29) is 23.9 Å². The Balaban J connectivity index is 1.33. The fourth-order valence-corrected chi connectivity index (χ4v) is 4.18. The zero-order valence-corrected chi connectivity index (χ0v) is 20.5. The largest absolute Gasteiger partial charge is 0.486 e. The van der Waals surface area contributed by atoms with Crippen molar-refractivity contribution in [2.75, 3.05) is 32.7 Å². The molecule has 6 heteroatoms. The molecule has 1 heterocycles. The number of amides is 1. The zero-order valence-electron chi connectivity index (χ0n) is 20.5.